The summed E-state index contributed by atoms with van der Waals surface area (Å²) in [7, 11) is 1.73. The van der Waals surface area contributed by atoms with Crippen LogP contribution in [0.2, 0.25) is 10.0 Å². The van der Waals surface area contributed by atoms with Crippen LogP contribution in [-0.4, -0.2) is 74.7 Å². The number of carbonyl (C=O) groups is 2. The predicted molar refractivity (Wildman–Crippen MR) is 184 cm³/mol. The summed E-state index contributed by atoms with van der Waals surface area (Å²) in [6.45, 7) is 8.21. The van der Waals surface area contributed by atoms with E-state index in [1.807, 2.05) is 36.4 Å². The molecule has 2 amide bonds. The Labute approximate surface area is 279 Å². The number of rotatable bonds is 17. The van der Waals surface area contributed by atoms with Crippen LogP contribution in [0.25, 0.3) is 0 Å². The molecule has 0 saturated carbocycles. The first-order valence-electron chi connectivity index (χ1n) is 16.8. The van der Waals surface area contributed by atoms with Crippen LogP contribution >= 0.6 is 23.2 Å². The Balaban J connectivity index is 1.16. The number of fused-ring (bicyclic) bond motifs is 1. The number of unbranched alkanes of at least 4 members (excludes halogenated alkanes) is 8. The number of hydrogen-bond donors (Lipinski definition) is 0. The third-order valence-corrected chi connectivity index (χ3v) is 9.53. The number of aryl methyl sites for hydroxylation is 1. The third kappa shape index (κ3) is 10.7. The first kappa shape index (κ1) is 35.2. The molecule has 248 valence electrons. The molecule has 0 atom stereocenters. The van der Waals surface area contributed by atoms with E-state index in [4.69, 9.17) is 32.8 Å². The lowest BCUT2D eigenvalue weighted by atomic mass is 10.0. The normalized spacial score (nSPS) is 15.2. The number of benzene rings is 2. The maximum atomic E-state index is 12.8. The van der Waals surface area contributed by atoms with Gasteiger partial charge in [0.05, 0.1) is 28.0 Å². The lowest BCUT2D eigenvalue weighted by molar-refractivity contribution is -0.124. The van der Waals surface area contributed by atoms with Crippen LogP contribution in [0.4, 0.5) is 16.2 Å². The van der Waals surface area contributed by atoms with E-state index in [1.165, 1.54) is 38.5 Å². The SMILES string of the molecule is CCCCCCCCCCN(C)C(=O)ON1C(=O)CCc2ccc(OCCCCN3CCN(c4cccc(Cl)c4Cl)CC3)cc21. The molecule has 2 aromatic rings. The third-order valence-electron chi connectivity index (χ3n) is 8.72. The number of carbonyl (C=O) groups excluding carboxylic acids is 2. The molecule has 2 aliphatic rings. The zero-order valence-corrected chi connectivity index (χ0v) is 28.6. The predicted octanol–water partition coefficient (Wildman–Crippen LogP) is 8.38. The van der Waals surface area contributed by atoms with E-state index in [-0.39, 0.29) is 5.91 Å². The lowest BCUT2D eigenvalue weighted by Gasteiger charge is -2.36. The highest BCUT2D eigenvalue weighted by Gasteiger charge is 2.29. The molecule has 2 heterocycles. The minimum absolute atomic E-state index is 0.216. The van der Waals surface area contributed by atoms with Gasteiger partial charge in [-0.2, -0.15) is 0 Å². The summed E-state index contributed by atoms with van der Waals surface area (Å²) < 4.78 is 6.06. The van der Waals surface area contributed by atoms with E-state index >= 15 is 0 Å². The molecule has 0 aromatic heterocycles. The molecule has 10 heteroatoms. The van der Waals surface area contributed by atoms with Gasteiger partial charge in [0.1, 0.15) is 5.75 Å². The Kier molecular flexibility index (Phi) is 14.4. The smallest absolute Gasteiger partial charge is 0.434 e. The molecule has 0 unspecified atom stereocenters. The molecule has 45 heavy (non-hydrogen) atoms. The number of nitrogens with zero attached hydrogens (tertiary/aromatic N) is 4. The second-order valence-corrected chi connectivity index (χ2v) is 13.0. The van der Waals surface area contributed by atoms with Crippen molar-refractivity contribution in [3.63, 3.8) is 0 Å². The van der Waals surface area contributed by atoms with Crippen molar-refractivity contribution < 1.29 is 19.2 Å². The summed E-state index contributed by atoms with van der Waals surface area (Å²) >= 11 is 12.6. The number of piperazine rings is 1. The van der Waals surface area contributed by atoms with Gasteiger partial charge in [0.25, 0.3) is 5.91 Å². The monoisotopic (exact) mass is 660 g/mol. The van der Waals surface area contributed by atoms with Gasteiger partial charge >= 0.3 is 6.09 Å². The molecule has 0 N–H and O–H groups in total. The summed E-state index contributed by atoms with van der Waals surface area (Å²) in [6, 6.07) is 11.5. The molecule has 1 saturated heterocycles. The van der Waals surface area contributed by atoms with Gasteiger partial charge in [-0.05, 0) is 56.0 Å². The summed E-state index contributed by atoms with van der Waals surface area (Å²) in [4.78, 5) is 37.6. The molecule has 4 rings (SSSR count). The van der Waals surface area contributed by atoms with Crippen LogP contribution in [0.3, 0.4) is 0 Å². The zero-order chi connectivity index (χ0) is 32.0. The topological polar surface area (TPSA) is 65.6 Å². The summed E-state index contributed by atoms with van der Waals surface area (Å²) in [5.74, 6) is 0.454. The average molecular weight is 662 g/mol. The summed E-state index contributed by atoms with van der Waals surface area (Å²) in [5.41, 5.74) is 2.57. The highest BCUT2D eigenvalue weighted by Crippen LogP contribution is 2.34. The Bertz CT molecular complexity index is 1240. The van der Waals surface area contributed by atoms with Crippen LogP contribution < -0.4 is 14.7 Å². The van der Waals surface area contributed by atoms with Crippen LogP contribution in [0.15, 0.2) is 36.4 Å². The molecule has 0 radical (unpaired) electrons. The standard InChI is InChI=1S/C35H50Cl2N4O4/c1-3-4-5-6-7-8-9-10-20-38(2)35(43)45-41-32-27-29(18-16-28(32)17-19-33(41)42)44-26-12-11-21-39-22-24-40(25-23-39)31-15-13-14-30(36)34(31)37/h13-16,18,27H,3-12,17,19-26H2,1-2H3. The Morgan fingerprint density at radius 3 is 2.36 bits per heavy atom. The van der Waals surface area contributed by atoms with E-state index < -0.39 is 6.09 Å². The molecule has 1 fully saturated rings. The van der Waals surface area contributed by atoms with Crippen molar-refractivity contribution in [3.05, 3.63) is 52.0 Å². The van der Waals surface area contributed by atoms with E-state index in [0.717, 1.165) is 74.7 Å². The van der Waals surface area contributed by atoms with Gasteiger partial charge in [-0.15, -0.1) is 5.06 Å². The lowest BCUT2D eigenvalue weighted by Crippen LogP contribution is -2.46. The highest BCUT2D eigenvalue weighted by molar-refractivity contribution is 6.43. The van der Waals surface area contributed by atoms with Crippen molar-refractivity contribution in [2.45, 2.75) is 84.0 Å². The van der Waals surface area contributed by atoms with Gasteiger partial charge in [-0.1, -0.05) is 87.2 Å². The molecule has 2 aliphatic heterocycles. The van der Waals surface area contributed by atoms with Crippen LogP contribution in [0.1, 0.15) is 83.1 Å². The molecule has 2 aromatic carbocycles. The van der Waals surface area contributed by atoms with Crippen LogP contribution in [-0.2, 0) is 16.1 Å². The largest absolute Gasteiger partial charge is 0.494 e. The number of ether oxygens (including phenoxy) is 1. The van der Waals surface area contributed by atoms with Crippen molar-refractivity contribution in [2.75, 3.05) is 62.9 Å². The van der Waals surface area contributed by atoms with Crippen molar-refractivity contribution in [2.24, 2.45) is 0 Å². The second-order valence-electron chi connectivity index (χ2n) is 12.2. The molecule has 8 nitrogen and oxygen atoms in total. The molecular formula is C35H50Cl2N4O4. The van der Waals surface area contributed by atoms with Crippen molar-refractivity contribution >= 4 is 46.6 Å². The number of amides is 2. The van der Waals surface area contributed by atoms with Crippen LogP contribution in [0.5, 0.6) is 5.75 Å². The molecule has 0 aliphatic carbocycles. The Morgan fingerprint density at radius 2 is 1.60 bits per heavy atom. The van der Waals surface area contributed by atoms with E-state index in [2.05, 4.69) is 16.7 Å². The molecule has 0 spiro atoms. The fraction of sp³-hybridized carbons (Fsp3) is 0.600. The number of anilines is 2. The molecular weight excluding hydrogens is 611 g/mol. The minimum Gasteiger partial charge on any atom is -0.494 e. The Hall–Kier alpha value is -2.68. The first-order chi connectivity index (χ1) is 21.9. The van der Waals surface area contributed by atoms with E-state index in [1.54, 1.807) is 11.9 Å². The zero-order valence-electron chi connectivity index (χ0n) is 27.1. The number of hydrogen-bond acceptors (Lipinski definition) is 6. The minimum atomic E-state index is -0.512. The maximum absolute atomic E-state index is 12.8. The van der Waals surface area contributed by atoms with Crippen LogP contribution in [0, 0.1) is 0 Å². The fourth-order valence-electron chi connectivity index (χ4n) is 5.91. The first-order valence-corrected chi connectivity index (χ1v) is 17.6. The van der Waals surface area contributed by atoms with Crippen molar-refractivity contribution in [1.82, 2.24) is 9.80 Å². The van der Waals surface area contributed by atoms with Gasteiger partial charge in [0.2, 0.25) is 0 Å². The summed E-state index contributed by atoms with van der Waals surface area (Å²) in [5, 5.41) is 2.38. The quantitative estimate of drug-likeness (QED) is 0.159. The second kappa shape index (κ2) is 18.5. The van der Waals surface area contributed by atoms with Gasteiger partial charge in [0, 0.05) is 52.3 Å². The maximum Gasteiger partial charge on any atom is 0.434 e. The van der Waals surface area contributed by atoms with E-state index in [9.17, 15) is 9.59 Å². The summed E-state index contributed by atoms with van der Waals surface area (Å²) in [6.07, 6.45) is 12.0. The van der Waals surface area contributed by atoms with Crippen molar-refractivity contribution in [1.29, 1.82) is 0 Å². The van der Waals surface area contributed by atoms with Gasteiger partial charge in [-0.25, -0.2) is 4.79 Å². The van der Waals surface area contributed by atoms with Crippen molar-refractivity contribution in [3.8, 4) is 5.75 Å². The molecule has 0 bridgehead atoms. The number of hydroxylamine groups is 1. The van der Waals surface area contributed by atoms with Gasteiger partial charge in [-0.3, -0.25) is 9.69 Å². The van der Waals surface area contributed by atoms with E-state index in [0.29, 0.717) is 47.5 Å². The van der Waals surface area contributed by atoms with Gasteiger partial charge < -0.3 is 19.4 Å². The fourth-order valence-corrected chi connectivity index (χ4v) is 6.32. The Morgan fingerprint density at radius 1 is 0.867 bits per heavy atom. The highest BCUT2D eigenvalue weighted by atomic mass is 35.5. The van der Waals surface area contributed by atoms with Gasteiger partial charge in [0.15, 0.2) is 0 Å². The average Bonchev–Trinajstić information content (AvgIpc) is 3.05. The number of halogens is 2.